The highest BCUT2D eigenvalue weighted by molar-refractivity contribution is 9.10. The molecule has 1 saturated heterocycles. The van der Waals surface area contributed by atoms with Gasteiger partial charge in [0.05, 0.1) is 5.56 Å². The molecule has 1 amide bonds. The maximum absolute atomic E-state index is 13.0. The highest BCUT2D eigenvalue weighted by Gasteiger charge is 2.36. The van der Waals surface area contributed by atoms with Crippen LogP contribution in [0.3, 0.4) is 0 Å². The third-order valence-electron chi connectivity index (χ3n) is 3.31. The van der Waals surface area contributed by atoms with Crippen LogP contribution in [-0.2, 0) is 0 Å². The molecule has 0 N–H and O–H groups in total. The molecule has 0 radical (unpaired) electrons. The molecule has 1 heterocycles. The highest BCUT2D eigenvalue weighted by Crippen LogP contribution is 2.31. The van der Waals surface area contributed by atoms with Gasteiger partial charge in [-0.05, 0) is 60.8 Å². The summed E-state index contributed by atoms with van der Waals surface area (Å²) < 4.78 is 13.5. The van der Waals surface area contributed by atoms with Crippen molar-refractivity contribution in [2.24, 2.45) is 0 Å². The Hall–Kier alpha value is -0.900. The molecule has 1 fully saturated rings. The molecule has 0 atom stereocenters. The number of halogens is 2. The van der Waals surface area contributed by atoms with Crippen LogP contribution in [0.15, 0.2) is 22.7 Å². The van der Waals surface area contributed by atoms with E-state index in [-0.39, 0.29) is 17.3 Å². The van der Waals surface area contributed by atoms with Crippen LogP contribution in [0, 0.1) is 5.82 Å². The number of nitrogens with zero attached hydrogens (tertiary/aromatic N) is 1. The van der Waals surface area contributed by atoms with E-state index in [1.54, 1.807) is 0 Å². The van der Waals surface area contributed by atoms with Gasteiger partial charge in [-0.15, -0.1) is 0 Å². The van der Waals surface area contributed by atoms with Gasteiger partial charge in [-0.3, -0.25) is 4.79 Å². The van der Waals surface area contributed by atoms with Crippen LogP contribution in [0.4, 0.5) is 4.39 Å². The number of hydrogen-bond acceptors (Lipinski definition) is 1. The third kappa shape index (κ3) is 2.37. The summed E-state index contributed by atoms with van der Waals surface area (Å²) >= 11 is 3.24. The Morgan fingerprint density at radius 2 is 2.18 bits per heavy atom. The Labute approximate surface area is 109 Å². The molecule has 1 aromatic carbocycles. The minimum Gasteiger partial charge on any atom is -0.333 e. The number of carbonyl (C=O) groups is 1. The Morgan fingerprint density at radius 3 is 2.71 bits per heavy atom. The highest BCUT2D eigenvalue weighted by atomic mass is 79.9. The quantitative estimate of drug-likeness (QED) is 0.776. The number of benzene rings is 1. The molecule has 1 aliphatic heterocycles. The first-order valence-electron chi connectivity index (χ1n) is 5.69. The van der Waals surface area contributed by atoms with Crippen LogP contribution in [-0.4, -0.2) is 22.9 Å². The van der Waals surface area contributed by atoms with E-state index < -0.39 is 0 Å². The average molecular weight is 300 g/mol. The van der Waals surface area contributed by atoms with Gasteiger partial charge in [0.1, 0.15) is 5.82 Å². The van der Waals surface area contributed by atoms with E-state index in [9.17, 15) is 9.18 Å². The van der Waals surface area contributed by atoms with Crippen LogP contribution in [0.2, 0.25) is 0 Å². The largest absolute Gasteiger partial charge is 0.333 e. The second-order valence-electron chi connectivity index (χ2n) is 5.00. The van der Waals surface area contributed by atoms with E-state index in [1.807, 2.05) is 4.90 Å². The molecular formula is C13H15BrFNO. The van der Waals surface area contributed by atoms with E-state index >= 15 is 0 Å². The summed E-state index contributed by atoms with van der Waals surface area (Å²) in [6, 6.07) is 4.19. The summed E-state index contributed by atoms with van der Waals surface area (Å²) in [6.45, 7) is 4.90. The predicted molar refractivity (Wildman–Crippen MR) is 68.4 cm³/mol. The van der Waals surface area contributed by atoms with Crippen LogP contribution >= 0.6 is 15.9 Å². The molecule has 0 spiro atoms. The minimum atomic E-state index is -0.339. The van der Waals surface area contributed by atoms with Gasteiger partial charge in [-0.2, -0.15) is 0 Å². The van der Waals surface area contributed by atoms with Gasteiger partial charge in [-0.25, -0.2) is 4.39 Å². The van der Waals surface area contributed by atoms with Crippen molar-refractivity contribution in [1.29, 1.82) is 0 Å². The van der Waals surface area contributed by atoms with Gasteiger partial charge in [0.25, 0.3) is 5.91 Å². The summed E-state index contributed by atoms with van der Waals surface area (Å²) in [7, 11) is 0. The molecule has 1 aromatic rings. The van der Waals surface area contributed by atoms with Gasteiger partial charge in [0.2, 0.25) is 0 Å². The second kappa shape index (κ2) is 4.41. The van der Waals surface area contributed by atoms with Crippen molar-refractivity contribution >= 4 is 21.8 Å². The van der Waals surface area contributed by atoms with Crippen LogP contribution < -0.4 is 0 Å². The number of rotatable bonds is 1. The molecule has 0 aromatic heterocycles. The SMILES string of the molecule is CC1(C)CCCN1C(=O)c1ccc(F)cc1Br. The lowest BCUT2D eigenvalue weighted by Crippen LogP contribution is -2.42. The smallest absolute Gasteiger partial charge is 0.255 e. The van der Waals surface area contributed by atoms with Crippen molar-refractivity contribution in [3.05, 3.63) is 34.1 Å². The molecular weight excluding hydrogens is 285 g/mol. The van der Waals surface area contributed by atoms with E-state index in [2.05, 4.69) is 29.8 Å². The maximum Gasteiger partial charge on any atom is 0.255 e. The molecule has 2 nitrogen and oxygen atoms in total. The van der Waals surface area contributed by atoms with Gasteiger partial charge in [-0.1, -0.05) is 0 Å². The summed E-state index contributed by atoms with van der Waals surface area (Å²) in [5, 5.41) is 0. The zero-order chi connectivity index (χ0) is 12.6. The molecule has 0 saturated carbocycles. The zero-order valence-corrected chi connectivity index (χ0v) is 11.6. The first-order valence-corrected chi connectivity index (χ1v) is 6.48. The monoisotopic (exact) mass is 299 g/mol. The number of hydrogen-bond donors (Lipinski definition) is 0. The molecule has 92 valence electrons. The minimum absolute atomic E-state index is 0.0284. The summed E-state index contributed by atoms with van der Waals surface area (Å²) in [4.78, 5) is 14.2. The van der Waals surface area contributed by atoms with E-state index in [1.165, 1.54) is 18.2 Å². The summed E-state index contributed by atoms with van der Waals surface area (Å²) in [6.07, 6.45) is 2.04. The van der Waals surface area contributed by atoms with Crippen LogP contribution in [0.25, 0.3) is 0 Å². The standard InChI is InChI=1S/C13H15BrFNO/c1-13(2)6-3-7-16(13)12(17)10-5-4-9(15)8-11(10)14/h4-5,8H,3,6-7H2,1-2H3. The fraction of sp³-hybridized carbons (Fsp3) is 0.462. The first kappa shape index (κ1) is 12.6. The molecule has 0 unspecified atom stereocenters. The fourth-order valence-corrected chi connectivity index (χ4v) is 2.81. The molecule has 17 heavy (non-hydrogen) atoms. The van der Waals surface area contributed by atoms with Crippen molar-refractivity contribution in [3.8, 4) is 0 Å². The summed E-state index contributed by atoms with van der Waals surface area (Å²) in [5.74, 6) is -0.367. The van der Waals surface area contributed by atoms with Crippen molar-refractivity contribution in [3.63, 3.8) is 0 Å². The number of likely N-dealkylation sites (tertiary alicyclic amines) is 1. The van der Waals surface area contributed by atoms with Gasteiger partial charge < -0.3 is 4.90 Å². The van der Waals surface area contributed by atoms with Crippen molar-refractivity contribution < 1.29 is 9.18 Å². The number of carbonyl (C=O) groups excluding carboxylic acids is 1. The van der Waals surface area contributed by atoms with Crippen molar-refractivity contribution in [2.45, 2.75) is 32.2 Å². The third-order valence-corrected chi connectivity index (χ3v) is 3.96. The van der Waals surface area contributed by atoms with Crippen LogP contribution in [0.1, 0.15) is 37.0 Å². The Morgan fingerprint density at radius 1 is 1.47 bits per heavy atom. The lowest BCUT2D eigenvalue weighted by molar-refractivity contribution is 0.0651. The van der Waals surface area contributed by atoms with Crippen LogP contribution in [0.5, 0.6) is 0 Å². The molecule has 0 aliphatic carbocycles. The first-order chi connectivity index (χ1) is 7.92. The fourth-order valence-electron chi connectivity index (χ4n) is 2.29. The Balaban J connectivity index is 2.31. The lowest BCUT2D eigenvalue weighted by Gasteiger charge is -2.32. The van der Waals surface area contributed by atoms with Gasteiger partial charge in [0, 0.05) is 16.6 Å². The van der Waals surface area contributed by atoms with E-state index in [0.29, 0.717) is 10.0 Å². The molecule has 2 rings (SSSR count). The summed E-state index contributed by atoms with van der Waals surface area (Å²) in [5.41, 5.74) is 0.423. The van der Waals surface area contributed by atoms with Crippen molar-refractivity contribution in [1.82, 2.24) is 4.90 Å². The maximum atomic E-state index is 13.0. The zero-order valence-electron chi connectivity index (χ0n) is 9.96. The van der Waals surface area contributed by atoms with Crippen molar-refractivity contribution in [2.75, 3.05) is 6.54 Å². The second-order valence-corrected chi connectivity index (χ2v) is 5.85. The van der Waals surface area contributed by atoms with E-state index in [0.717, 1.165) is 19.4 Å². The lowest BCUT2D eigenvalue weighted by atomic mass is 10.0. The normalized spacial score (nSPS) is 18.5. The molecule has 0 bridgehead atoms. The Kier molecular flexibility index (Phi) is 3.25. The topological polar surface area (TPSA) is 20.3 Å². The number of amides is 1. The predicted octanol–water partition coefficient (Wildman–Crippen LogP) is 3.60. The van der Waals surface area contributed by atoms with Gasteiger partial charge >= 0.3 is 0 Å². The van der Waals surface area contributed by atoms with E-state index in [4.69, 9.17) is 0 Å². The Bertz CT molecular complexity index is 459. The average Bonchev–Trinajstić information content (AvgIpc) is 2.57. The molecule has 1 aliphatic rings. The molecule has 4 heteroatoms. The van der Waals surface area contributed by atoms with Gasteiger partial charge in [0.15, 0.2) is 0 Å².